The SMILES string of the molecule is Cc1nc(C)c(C(C)NC2CC=CCC2)c(=O)[nH]1. The van der Waals surface area contributed by atoms with Gasteiger partial charge in [0.1, 0.15) is 5.82 Å². The normalized spacial score (nSPS) is 20.9. The van der Waals surface area contributed by atoms with Crippen molar-refractivity contribution in [2.24, 2.45) is 0 Å². The topological polar surface area (TPSA) is 57.8 Å². The molecule has 0 fully saturated rings. The fourth-order valence-corrected chi connectivity index (χ4v) is 2.63. The molecule has 4 heteroatoms. The van der Waals surface area contributed by atoms with Crippen molar-refractivity contribution in [2.75, 3.05) is 0 Å². The van der Waals surface area contributed by atoms with Gasteiger partial charge in [-0.1, -0.05) is 12.2 Å². The molecular formula is C14H21N3O. The van der Waals surface area contributed by atoms with Crippen molar-refractivity contribution in [2.45, 2.75) is 52.1 Å². The van der Waals surface area contributed by atoms with Gasteiger partial charge in [-0.15, -0.1) is 0 Å². The van der Waals surface area contributed by atoms with Crippen LogP contribution in [0.4, 0.5) is 0 Å². The number of hydrogen-bond acceptors (Lipinski definition) is 3. The molecule has 2 N–H and O–H groups in total. The zero-order valence-corrected chi connectivity index (χ0v) is 11.3. The van der Waals surface area contributed by atoms with Crippen LogP contribution in [-0.2, 0) is 0 Å². The van der Waals surface area contributed by atoms with E-state index in [1.54, 1.807) is 0 Å². The maximum Gasteiger partial charge on any atom is 0.255 e. The Morgan fingerprint density at radius 3 is 2.83 bits per heavy atom. The molecule has 0 saturated heterocycles. The number of nitrogens with one attached hydrogen (secondary N) is 2. The minimum atomic E-state index is -0.0219. The van der Waals surface area contributed by atoms with E-state index in [0.29, 0.717) is 11.9 Å². The lowest BCUT2D eigenvalue weighted by Crippen LogP contribution is -2.35. The molecular weight excluding hydrogens is 226 g/mol. The summed E-state index contributed by atoms with van der Waals surface area (Å²) in [6.07, 6.45) is 7.72. The van der Waals surface area contributed by atoms with Crippen molar-refractivity contribution >= 4 is 0 Å². The van der Waals surface area contributed by atoms with Crippen LogP contribution in [0.25, 0.3) is 0 Å². The minimum Gasteiger partial charge on any atom is -0.310 e. The minimum absolute atomic E-state index is 0.0219. The molecule has 98 valence electrons. The highest BCUT2D eigenvalue weighted by atomic mass is 16.1. The van der Waals surface area contributed by atoms with Crippen LogP contribution < -0.4 is 10.9 Å². The molecule has 0 radical (unpaired) electrons. The molecule has 0 bridgehead atoms. The summed E-state index contributed by atoms with van der Waals surface area (Å²) in [4.78, 5) is 19.1. The number of aromatic amines is 1. The van der Waals surface area contributed by atoms with E-state index < -0.39 is 0 Å². The molecule has 1 aliphatic carbocycles. The zero-order valence-electron chi connectivity index (χ0n) is 11.3. The maximum absolute atomic E-state index is 12.0. The summed E-state index contributed by atoms with van der Waals surface area (Å²) < 4.78 is 0. The molecule has 2 atom stereocenters. The first-order valence-electron chi connectivity index (χ1n) is 6.56. The van der Waals surface area contributed by atoms with Gasteiger partial charge in [-0.2, -0.15) is 0 Å². The van der Waals surface area contributed by atoms with E-state index in [2.05, 4.69) is 27.4 Å². The number of allylic oxidation sites excluding steroid dienone is 1. The Bertz CT molecular complexity index is 504. The summed E-state index contributed by atoms with van der Waals surface area (Å²) in [5, 5.41) is 3.52. The van der Waals surface area contributed by atoms with Gasteiger partial charge >= 0.3 is 0 Å². The maximum atomic E-state index is 12.0. The summed E-state index contributed by atoms with van der Waals surface area (Å²) in [6, 6.07) is 0.503. The number of aromatic nitrogens is 2. The highest BCUT2D eigenvalue weighted by molar-refractivity contribution is 5.20. The van der Waals surface area contributed by atoms with Gasteiger partial charge in [-0.25, -0.2) is 4.98 Å². The average molecular weight is 247 g/mol. The predicted octanol–water partition coefficient (Wildman–Crippen LogP) is 2.15. The summed E-state index contributed by atoms with van der Waals surface area (Å²) in [5.74, 6) is 0.675. The smallest absolute Gasteiger partial charge is 0.255 e. The van der Waals surface area contributed by atoms with E-state index in [1.165, 1.54) is 0 Å². The first-order chi connectivity index (χ1) is 8.58. The third kappa shape index (κ3) is 2.88. The van der Waals surface area contributed by atoms with Crippen molar-refractivity contribution in [3.8, 4) is 0 Å². The second-order valence-corrected chi connectivity index (χ2v) is 5.02. The molecule has 0 spiro atoms. The fraction of sp³-hybridized carbons (Fsp3) is 0.571. The molecule has 2 rings (SSSR count). The molecule has 1 aromatic heterocycles. The first-order valence-corrected chi connectivity index (χ1v) is 6.56. The lowest BCUT2D eigenvalue weighted by Gasteiger charge is -2.24. The molecule has 2 unspecified atom stereocenters. The Balaban J connectivity index is 2.16. The molecule has 0 aliphatic heterocycles. The lowest BCUT2D eigenvalue weighted by molar-refractivity contribution is 0.422. The molecule has 0 aromatic carbocycles. The van der Waals surface area contributed by atoms with Crippen LogP contribution in [0.2, 0.25) is 0 Å². The third-order valence-electron chi connectivity index (χ3n) is 3.45. The summed E-state index contributed by atoms with van der Waals surface area (Å²) in [6.45, 7) is 5.74. The largest absolute Gasteiger partial charge is 0.310 e. The molecule has 1 aromatic rings. The Hall–Kier alpha value is -1.42. The number of nitrogens with zero attached hydrogens (tertiary/aromatic N) is 1. The predicted molar refractivity (Wildman–Crippen MR) is 72.7 cm³/mol. The van der Waals surface area contributed by atoms with Crippen LogP contribution >= 0.6 is 0 Å². The molecule has 1 aliphatic rings. The standard InChI is InChI=1S/C14H21N3O/c1-9-13(14(18)17-11(3)15-9)10(2)16-12-7-5-4-6-8-12/h4-5,10,12,16H,6-8H2,1-3H3,(H,15,17,18). The number of hydrogen-bond donors (Lipinski definition) is 2. The summed E-state index contributed by atoms with van der Waals surface area (Å²) in [7, 11) is 0. The Morgan fingerprint density at radius 2 is 2.22 bits per heavy atom. The molecule has 1 heterocycles. The fourth-order valence-electron chi connectivity index (χ4n) is 2.63. The van der Waals surface area contributed by atoms with Crippen LogP contribution in [0, 0.1) is 13.8 Å². The van der Waals surface area contributed by atoms with Gasteiger partial charge < -0.3 is 10.3 Å². The van der Waals surface area contributed by atoms with Gasteiger partial charge in [0.05, 0.1) is 5.56 Å². The Morgan fingerprint density at radius 1 is 1.44 bits per heavy atom. The Labute approximate surface area is 108 Å². The highest BCUT2D eigenvalue weighted by Gasteiger charge is 2.18. The van der Waals surface area contributed by atoms with Crippen LogP contribution in [0.15, 0.2) is 16.9 Å². The lowest BCUT2D eigenvalue weighted by atomic mass is 9.99. The molecule has 0 saturated carbocycles. The second kappa shape index (κ2) is 5.48. The summed E-state index contributed by atoms with van der Waals surface area (Å²) >= 11 is 0. The van der Waals surface area contributed by atoms with Crippen molar-refractivity contribution in [3.05, 3.63) is 39.6 Å². The third-order valence-corrected chi connectivity index (χ3v) is 3.45. The second-order valence-electron chi connectivity index (χ2n) is 5.02. The van der Waals surface area contributed by atoms with E-state index in [0.717, 1.165) is 30.5 Å². The Kier molecular flexibility index (Phi) is 3.97. The van der Waals surface area contributed by atoms with Crippen LogP contribution in [-0.4, -0.2) is 16.0 Å². The van der Waals surface area contributed by atoms with Gasteiger partial charge in [0.15, 0.2) is 0 Å². The first kappa shape index (κ1) is 13.0. The van der Waals surface area contributed by atoms with Crippen molar-refractivity contribution in [1.82, 2.24) is 15.3 Å². The van der Waals surface area contributed by atoms with E-state index >= 15 is 0 Å². The number of rotatable bonds is 3. The van der Waals surface area contributed by atoms with Gasteiger partial charge in [-0.3, -0.25) is 4.79 Å². The van der Waals surface area contributed by atoms with E-state index in [1.807, 2.05) is 20.8 Å². The number of aryl methyl sites for hydroxylation is 2. The average Bonchev–Trinajstić information content (AvgIpc) is 2.28. The van der Waals surface area contributed by atoms with Gasteiger partial charge in [0.25, 0.3) is 5.56 Å². The molecule has 18 heavy (non-hydrogen) atoms. The monoisotopic (exact) mass is 247 g/mol. The highest BCUT2D eigenvalue weighted by Crippen LogP contribution is 2.17. The van der Waals surface area contributed by atoms with Crippen molar-refractivity contribution < 1.29 is 0 Å². The van der Waals surface area contributed by atoms with Crippen LogP contribution in [0.5, 0.6) is 0 Å². The van der Waals surface area contributed by atoms with Crippen LogP contribution in [0.1, 0.15) is 49.3 Å². The van der Waals surface area contributed by atoms with Crippen LogP contribution in [0.3, 0.4) is 0 Å². The quantitative estimate of drug-likeness (QED) is 0.805. The van der Waals surface area contributed by atoms with Crippen molar-refractivity contribution in [3.63, 3.8) is 0 Å². The van der Waals surface area contributed by atoms with Gasteiger partial charge in [0, 0.05) is 17.8 Å². The van der Waals surface area contributed by atoms with Crippen molar-refractivity contribution in [1.29, 1.82) is 0 Å². The van der Waals surface area contributed by atoms with Gasteiger partial charge in [0.2, 0.25) is 0 Å². The molecule has 0 amide bonds. The van der Waals surface area contributed by atoms with E-state index in [4.69, 9.17) is 0 Å². The summed E-state index contributed by atoms with van der Waals surface area (Å²) in [5.41, 5.74) is 1.56. The van der Waals surface area contributed by atoms with E-state index in [-0.39, 0.29) is 11.6 Å². The van der Waals surface area contributed by atoms with Gasteiger partial charge in [-0.05, 0) is 40.0 Å². The number of H-pyrrole nitrogens is 1. The van der Waals surface area contributed by atoms with E-state index in [9.17, 15) is 4.79 Å². The molecule has 4 nitrogen and oxygen atoms in total. The zero-order chi connectivity index (χ0) is 13.1.